The molecule has 6 nitrogen and oxygen atoms in total. The van der Waals surface area contributed by atoms with E-state index in [1.165, 1.54) is 6.08 Å². The molecule has 0 unspecified atom stereocenters. The van der Waals surface area contributed by atoms with Crippen LogP contribution in [0, 0.1) is 6.92 Å². The van der Waals surface area contributed by atoms with E-state index in [9.17, 15) is 14.4 Å². The van der Waals surface area contributed by atoms with Crippen molar-refractivity contribution in [3.63, 3.8) is 0 Å². The topological polar surface area (TPSA) is 84.5 Å². The van der Waals surface area contributed by atoms with Gasteiger partial charge in [-0.25, -0.2) is 0 Å². The number of benzene rings is 5. The molecular weight excluding hydrogens is 560 g/mol. The quantitative estimate of drug-likeness (QED) is 0.121. The van der Waals surface area contributed by atoms with Crippen LogP contribution < -0.4 is 15.4 Å². The third-order valence-corrected chi connectivity index (χ3v) is 6.86. The predicted octanol–water partition coefficient (Wildman–Crippen LogP) is 7.88. The van der Waals surface area contributed by atoms with Crippen LogP contribution in [-0.4, -0.2) is 17.6 Å². The summed E-state index contributed by atoms with van der Waals surface area (Å²) in [6.45, 7) is 2.43. The predicted molar refractivity (Wildman–Crippen MR) is 179 cm³/mol. The van der Waals surface area contributed by atoms with Crippen LogP contribution in [0.15, 0.2) is 145 Å². The summed E-state index contributed by atoms with van der Waals surface area (Å²) in [4.78, 5) is 39.1. The summed E-state index contributed by atoms with van der Waals surface area (Å²) in [6.07, 6.45) is 4.91. The van der Waals surface area contributed by atoms with Gasteiger partial charge in [0, 0.05) is 16.8 Å². The molecule has 0 atom stereocenters. The molecule has 5 rings (SSSR count). The molecule has 45 heavy (non-hydrogen) atoms. The maximum absolute atomic E-state index is 13.4. The van der Waals surface area contributed by atoms with Gasteiger partial charge in [-0.05, 0) is 84.3 Å². The first-order chi connectivity index (χ1) is 21.9. The highest BCUT2D eigenvalue weighted by molar-refractivity contribution is 6.11. The summed E-state index contributed by atoms with van der Waals surface area (Å²) in [5.41, 5.74) is 5.25. The van der Waals surface area contributed by atoms with E-state index in [2.05, 4.69) is 10.6 Å². The van der Waals surface area contributed by atoms with Crippen LogP contribution in [-0.2, 0) is 11.4 Å². The van der Waals surface area contributed by atoms with Crippen LogP contribution in [0.25, 0.3) is 12.2 Å². The van der Waals surface area contributed by atoms with E-state index in [1.54, 1.807) is 60.7 Å². The van der Waals surface area contributed by atoms with Crippen molar-refractivity contribution in [3.8, 4) is 5.75 Å². The Labute approximate surface area is 262 Å². The van der Waals surface area contributed by atoms with E-state index < -0.39 is 11.8 Å². The lowest BCUT2D eigenvalue weighted by Gasteiger charge is -2.12. The molecule has 0 saturated carbocycles. The van der Waals surface area contributed by atoms with Crippen molar-refractivity contribution in [3.05, 3.63) is 179 Å². The van der Waals surface area contributed by atoms with Crippen molar-refractivity contribution in [1.82, 2.24) is 5.32 Å². The Bertz CT molecular complexity index is 1830. The Hall–Kier alpha value is -6.01. The molecule has 6 heteroatoms. The molecule has 0 saturated heterocycles. The summed E-state index contributed by atoms with van der Waals surface area (Å²) in [6, 6.07) is 40.3. The number of ether oxygens (including phenoxy) is 1. The van der Waals surface area contributed by atoms with Gasteiger partial charge in [-0.1, -0.05) is 96.6 Å². The number of aryl methyl sites for hydroxylation is 1. The molecule has 0 aromatic heterocycles. The van der Waals surface area contributed by atoms with Gasteiger partial charge in [0.1, 0.15) is 18.1 Å². The molecule has 0 fully saturated rings. The first-order valence-electron chi connectivity index (χ1n) is 14.5. The van der Waals surface area contributed by atoms with E-state index in [0.29, 0.717) is 34.7 Å². The molecule has 2 amide bonds. The second-order valence-electron chi connectivity index (χ2n) is 10.4. The molecule has 0 spiro atoms. The van der Waals surface area contributed by atoms with Gasteiger partial charge < -0.3 is 15.4 Å². The molecule has 0 aliphatic rings. The summed E-state index contributed by atoms with van der Waals surface area (Å²) in [5.74, 6) is -0.400. The van der Waals surface area contributed by atoms with Crippen LogP contribution >= 0.6 is 0 Å². The number of amides is 2. The van der Waals surface area contributed by atoms with Gasteiger partial charge in [-0.3, -0.25) is 14.4 Å². The normalized spacial score (nSPS) is 11.2. The second-order valence-corrected chi connectivity index (χ2v) is 10.4. The first-order valence-corrected chi connectivity index (χ1v) is 14.5. The Kier molecular flexibility index (Phi) is 10.1. The molecule has 5 aromatic carbocycles. The van der Waals surface area contributed by atoms with Crippen LogP contribution in [0.3, 0.4) is 0 Å². The highest BCUT2D eigenvalue weighted by Gasteiger charge is 2.15. The van der Waals surface area contributed by atoms with E-state index in [4.69, 9.17) is 4.74 Å². The van der Waals surface area contributed by atoms with Crippen molar-refractivity contribution in [2.24, 2.45) is 0 Å². The SMILES string of the molecule is Cc1cccc(/C=C/C(=O)c2ccc(NC(=O)/C(=C/c3ccc(OCc4ccccc4)cc3)NC(=O)c3ccccc3)cc2)c1. The number of rotatable bonds is 11. The van der Waals surface area contributed by atoms with Crippen molar-refractivity contribution >= 4 is 35.4 Å². The van der Waals surface area contributed by atoms with Crippen molar-refractivity contribution in [1.29, 1.82) is 0 Å². The lowest BCUT2D eigenvalue weighted by atomic mass is 10.1. The molecule has 0 aliphatic carbocycles. The number of carbonyl (C=O) groups is 3. The van der Waals surface area contributed by atoms with Crippen LogP contribution in [0.1, 0.15) is 43.0 Å². The fraction of sp³-hybridized carbons (Fsp3) is 0.0513. The monoisotopic (exact) mass is 592 g/mol. The lowest BCUT2D eigenvalue weighted by Crippen LogP contribution is -2.30. The maximum atomic E-state index is 13.4. The van der Waals surface area contributed by atoms with Crippen LogP contribution in [0.2, 0.25) is 0 Å². The largest absolute Gasteiger partial charge is 0.489 e. The first kappa shape index (κ1) is 30.4. The molecule has 0 aliphatic heterocycles. The van der Waals surface area contributed by atoms with Crippen molar-refractivity contribution < 1.29 is 19.1 Å². The standard InChI is InChI=1S/C39H32N2O4/c1-28-9-8-12-29(25-28)17-24-37(42)32-18-20-34(21-19-32)40-39(44)36(41-38(43)33-13-6-3-7-14-33)26-30-15-22-35(23-16-30)45-27-31-10-4-2-5-11-31/h2-26H,27H2,1H3,(H,40,44)(H,41,43)/b24-17+,36-26-. The zero-order valence-electron chi connectivity index (χ0n) is 24.8. The zero-order valence-corrected chi connectivity index (χ0v) is 24.8. The number of anilines is 1. The van der Waals surface area contributed by atoms with E-state index in [-0.39, 0.29) is 11.5 Å². The van der Waals surface area contributed by atoms with Crippen molar-refractivity contribution in [2.45, 2.75) is 13.5 Å². The van der Waals surface area contributed by atoms with E-state index >= 15 is 0 Å². The van der Waals surface area contributed by atoms with Crippen LogP contribution in [0.5, 0.6) is 5.75 Å². The number of hydrogen-bond acceptors (Lipinski definition) is 4. The van der Waals surface area contributed by atoms with Gasteiger partial charge in [0.25, 0.3) is 11.8 Å². The van der Waals surface area contributed by atoms with E-state index in [0.717, 1.165) is 16.7 Å². The Morgan fingerprint density at radius 1 is 0.689 bits per heavy atom. The average molecular weight is 593 g/mol. The molecule has 2 N–H and O–H groups in total. The van der Waals surface area contributed by atoms with Crippen LogP contribution in [0.4, 0.5) is 5.69 Å². The summed E-state index contributed by atoms with van der Waals surface area (Å²) in [5, 5.41) is 5.57. The molecule has 5 aromatic rings. The molecule has 0 radical (unpaired) electrons. The molecule has 222 valence electrons. The summed E-state index contributed by atoms with van der Waals surface area (Å²) in [7, 11) is 0. The van der Waals surface area contributed by atoms with E-state index in [1.807, 2.05) is 91.9 Å². The third kappa shape index (κ3) is 8.99. The number of carbonyl (C=O) groups excluding carboxylic acids is 3. The Morgan fingerprint density at radius 3 is 2.07 bits per heavy atom. The number of allylic oxidation sites excluding steroid dienone is 1. The lowest BCUT2D eigenvalue weighted by molar-refractivity contribution is -0.113. The fourth-order valence-corrected chi connectivity index (χ4v) is 4.47. The minimum Gasteiger partial charge on any atom is -0.489 e. The Morgan fingerprint density at radius 2 is 1.38 bits per heavy atom. The highest BCUT2D eigenvalue weighted by Crippen LogP contribution is 2.18. The minimum absolute atomic E-state index is 0.0584. The van der Waals surface area contributed by atoms with Gasteiger partial charge in [0.2, 0.25) is 0 Å². The number of ketones is 1. The zero-order chi connectivity index (χ0) is 31.4. The van der Waals surface area contributed by atoms with Gasteiger partial charge in [0.05, 0.1) is 0 Å². The number of nitrogens with one attached hydrogen (secondary N) is 2. The van der Waals surface area contributed by atoms with Gasteiger partial charge in [0.15, 0.2) is 5.78 Å². The smallest absolute Gasteiger partial charge is 0.272 e. The third-order valence-electron chi connectivity index (χ3n) is 6.86. The van der Waals surface area contributed by atoms with Gasteiger partial charge in [-0.15, -0.1) is 0 Å². The van der Waals surface area contributed by atoms with Gasteiger partial charge >= 0.3 is 0 Å². The Balaban J connectivity index is 1.29. The molecule has 0 heterocycles. The maximum Gasteiger partial charge on any atom is 0.272 e. The minimum atomic E-state index is -0.512. The summed E-state index contributed by atoms with van der Waals surface area (Å²) >= 11 is 0. The average Bonchev–Trinajstić information content (AvgIpc) is 3.07. The second kappa shape index (κ2) is 14.9. The fourth-order valence-electron chi connectivity index (χ4n) is 4.47. The number of hydrogen-bond donors (Lipinski definition) is 2. The van der Waals surface area contributed by atoms with Gasteiger partial charge in [-0.2, -0.15) is 0 Å². The summed E-state index contributed by atoms with van der Waals surface area (Å²) < 4.78 is 5.87. The molecule has 0 bridgehead atoms. The molecular formula is C39H32N2O4. The van der Waals surface area contributed by atoms with Crippen molar-refractivity contribution in [2.75, 3.05) is 5.32 Å². The highest BCUT2D eigenvalue weighted by atomic mass is 16.5.